The number of benzene rings is 2. The third kappa shape index (κ3) is 2.13. The molecule has 2 aromatic carbocycles. The number of rotatable bonds is 2. The first kappa shape index (κ1) is 11.2. The van der Waals surface area contributed by atoms with E-state index in [0.29, 0.717) is 5.56 Å². The molecule has 0 saturated heterocycles. The fourth-order valence-corrected chi connectivity index (χ4v) is 1.72. The molecule has 0 aromatic heterocycles. The Labute approximate surface area is 99.0 Å². The van der Waals surface area contributed by atoms with Gasteiger partial charge < -0.3 is 10.2 Å². The van der Waals surface area contributed by atoms with E-state index in [9.17, 15) is 9.90 Å². The maximum Gasteiger partial charge on any atom is 0.335 e. The Morgan fingerprint density at radius 3 is 2.35 bits per heavy atom. The fourth-order valence-electron chi connectivity index (χ4n) is 1.72. The molecule has 3 nitrogen and oxygen atoms in total. The number of carboxylic acid groups (broad SMARTS) is 1. The summed E-state index contributed by atoms with van der Waals surface area (Å²) in [5, 5.41) is 20.3. The van der Waals surface area contributed by atoms with Crippen molar-refractivity contribution in [1.82, 2.24) is 0 Å². The van der Waals surface area contributed by atoms with E-state index in [2.05, 4.69) is 0 Å². The molecule has 0 atom stereocenters. The zero-order valence-corrected chi connectivity index (χ0v) is 9.31. The van der Waals surface area contributed by atoms with Crippen molar-refractivity contribution in [3.8, 4) is 16.9 Å². The number of hydrogen-bond donors (Lipinski definition) is 1. The van der Waals surface area contributed by atoms with Gasteiger partial charge in [0.1, 0.15) is 0 Å². The second kappa shape index (κ2) is 4.29. The first-order valence-corrected chi connectivity index (χ1v) is 5.20. The Balaban J connectivity index is 2.47. The maximum absolute atomic E-state index is 11.5. The SMILES string of the molecule is Cc1c([O-])cccc1-c1ccc(C(=O)O)cc1. The summed E-state index contributed by atoms with van der Waals surface area (Å²) < 4.78 is 0. The van der Waals surface area contributed by atoms with E-state index in [4.69, 9.17) is 5.11 Å². The molecule has 17 heavy (non-hydrogen) atoms. The predicted octanol–water partition coefficient (Wildman–Crippen LogP) is 2.43. The third-order valence-corrected chi connectivity index (χ3v) is 2.73. The van der Waals surface area contributed by atoms with Gasteiger partial charge in [-0.2, -0.15) is 0 Å². The van der Waals surface area contributed by atoms with Gasteiger partial charge in [0.2, 0.25) is 0 Å². The van der Waals surface area contributed by atoms with Gasteiger partial charge in [0.05, 0.1) is 5.56 Å². The highest BCUT2D eigenvalue weighted by Gasteiger charge is 2.04. The van der Waals surface area contributed by atoms with Crippen LogP contribution in [0.5, 0.6) is 5.75 Å². The van der Waals surface area contributed by atoms with Crippen LogP contribution in [0.4, 0.5) is 0 Å². The Bertz CT molecular complexity index is 556. The van der Waals surface area contributed by atoms with E-state index in [0.717, 1.165) is 11.1 Å². The molecule has 0 aliphatic heterocycles. The minimum absolute atomic E-state index is 0.00943. The Hall–Kier alpha value is -2.29. The molecule has 1 N–H and O–H groups in total. The monoisotopic (exact) mass is 227 g/mol. The van der Waals surface area contributed by atoms with Crippen molar-refractivity contribution in [3.05, 3.63) is 53.6 Å². The normalized spacial score (nSPS) is 10.2. The van der Waals surface area contributed by atoms with Crippen molar-refractivity contribution in [1.29, 1.82) is 0 Å². The number of carboxylic acids is 1. The molecule has 0 spiro atoms. The van der Waals surface area contributed by atoms with E-state index < -0.39 is 5.97 Å². The van der Waals surface area contributed by atoms with Crippen molar-refractivity contribution in [2.45, 2.75) is 6.92 Å². The minimum atomic E-state index is -0.953. The van der Waals surface area contributed by atoms with Crippen molar-refractivity contribution < 1.29 is 15.0 Å². The molecule has 2 aromatic rings. The van der Waals surface area contributed by atoms with Crippen LogP contribution in [-0.2, 0) is 0 Å². The lowest BCUT2D eigenvalue weighted by atomic mass is 9.99. The molecule has 0 bridgehead atoms. The summed E-state index contributed by atoms with van der Waals surface area (Å²) in [6, 6.07) is 11.6. The van der Waals surface area contributed by atoms with Crippen LogP contribution in [0, 0.1) is 6.92 Å². The van der Waals surface area contributed by atoms with E-state index in [1.165, 1.54) is 18.2 Å². The lowest BCUT2D eigenvalue weighted by Crippen LogP contribution is -1.97. The van der Waals surface area contributed by atoms with E-state index in [1.807, 2.05) is 6.07 Å². The standard InChI is InChI=1S/C14H12O3/c1-9-12(3-2-4-13(9)15)10-5-7-11(8-6-10)14(16)17/h2-8,15H,1H3,(H,16,17)/p-1. The first-order chi connectivity index (χ1) is 8.09. The lowest BCUT2D eigenvalue weighted by Gasteiger charge is -2.14. The van der Waals surface area contributed by atoms with Gasteiger partial charge in [0.25, 0.3) is 0 Å². The zero-order chi connectivity index (χ0) is 12.4. The second-order valence-corrected chi connectivity index (χ2v) is 3.81. The molecule has 0 radical (unpaired) electrons. The van der Waals surface area contributed by atoms with Gasteiger partial charge in [-0.25, -0.2) is 4.79 Å². The second-order valence-electron chi connectivity index (χ2n) is 3.81. The predicted molar refractivity (Wildman–Crippen MR) is 63.0 cm³/mol. The van der Waals surface area contributed by atoms with Gasteiger partial charge in [0.15, 0.2) is 0 Å². The highest BCUT2D eigenvalue weighted by atomic mass is 16.4. The number of carbonyl (C=O) groups is 1. The molecule has 0 heterocycles. The van der Waals surface area contributed by atoms with E-state index in [-0.39, 0.29) is 11.3 Å². The van der Waals surface area contributed by atoms with E-state index >= 15 is 0 Å². The molecule has 0 unspecified atom stereocenters. The molecule has 0 saturated carbocycles. The summed E-state index contributed by atoms with van der Waals surface area (Å²) in [6.07, 6.45) is 0. The van der Waals surface area contributed by atoms with Crippen LogP contribution in [0.25, 0.3) is 11.1 Å². The van der Waals surface area contributed by atoms with Crippen LogP contribution >= 0.6 is 0 Å². The zero-order valence-electron chi connectivity index (χ0n) is 9.31. The maximum atomic E-state index is 11.5. The molecule has 2 rings (SSSR count). The Kier molecular flexibility index (Phi) is 2.83. The first-order valence-electron chi connectivity index (χ1n) is 5.20. The van der Waals surface area contributed by atoms with Crippen molar-refractivity contribution in [3.63, 3.8) is 0 Å². The highest BCUT2D eigenvalue weighted by Crippen LogP contribution is 2.27. The van der Waals surface area contributed by atoms with Crippen LogP contribution in [0.3, 0.4) is 0 Å². The molecule has 0 fully saturated rings. The summed E-state index contributed by atoms with van der Waals surface area (Å²) >= 11 is 0. The molecular formula is C14H11O3-. The summed E-state index contributed by atoms with van der Waals surface area (Å²) in [5.74, 6) is -0.962. The summed E-state index contributed by atoms with van der Waals surface area (Å²) in [5.41, 5.74) is 2.61. The van der Waals surface area contributed by atoms with Crippen molar-refractivity contribution >= 4 is 5.97 Å². The van der Waals surface area contributed by atoms with Crippen LogP contribution in [-0.4, -0.2) is 11.1 Å². The van der Waals surface area contributed by atoms with Gasteiger partial charge in [-0.3, -0.25) is 0 Å². The third-order valence-electron chi connectivity index (χ3n) is 2.73. The van der Waals surface area contributed by atoms with Gasteiger partial charge in [0, 0.05) is 0 Å². The molecular weight excluding hydrogens is 216 g/mol. The topological polar surface area (TPSA) is 60.4 Å². The highest BCUT2D eigenvalue weighted by molar-refractivity contribution is 5.88. The van der Waals surface area contributed by atoms with Gasteiger partial charge in [-0.15, -0.1) is 5.75 Å². The smallest absolute Gasteiger partial charge is 0.335 e. The Morgan fingerprint density at radius 1 is 1.12 bits per heavy atom. The summed E-state index contributed by atoms with van der Waals surface area (Å²) in [7, 11) is 0. The minimum Gasteiger partial charge on any atom is -0.872 e. The number of aromatic carboxylic acids is 1. The molecule has 86 valence electrons. The van der Waals surface area contributed by atoms with Crippen LogP contribution in [0.2, 0.25) is 0 Å². The van der Waals surface area contributed by atoms with Crippen molar-refractivity contribution in [2.24, 2.45) is 0 Å². The van der Waals surface area contributed by atoms with Gasteiger partial charge in [-0.1, -0.05) is 35.9 Å². The fraction of sp³-hybridized carbons (Fsp3) is 0.0714. The van der Waals surface area contributed by atoms with Gasteiger partial charge >= 0.3 is 5.97 Å². The average Bonchev–Trinajstić information content (AvgIpc) is 2.33. The van der Waals surface area contributed by atoms with Crippen LogP contribution in [0.15, 0.2) is 42.5 Å². The molecule has 0 amide bonds. The quantitative estimate of drug-likeness (QED) is 0.857. The summed E-state index contributed by atoms with van der Waals surface area (Å²) in [6.45, 7) is 1.77. The van der Waals surface area contributed by atoms with E-state index in [1.54, 1.807) is 25.1 Å². The molecule has 0 aliphatic rings. The Morgan fingerprint density at radius 2 is 1.76 bits per heavy atom. The molecule has 0 aliphatic carbocycles. The number of hydrogen-bond acceptors (Lipinski definition) is 2. The molecule has 3 heteroatoms. The lowest BCUT2D eigenvalue weighted by molar-refractivity contribution is -0.269. The van der Waals surface area contributed by atoms with Gasteiger partial charge in [-0.05, 0) is 30.2 Å². The average molecular weight is 227 g/mol. The largest absolute Gasteiger partial charge is 0.872 e. The summed E-state index contributed by atoms with van der Waals surface area (Å²) in [4.78, 5) is 10.7. The van der Waals surface area contributed by atoms with Crippen LogP contribution in [0.1, 0.15) is 15.9 Å². The van der Waals surface area contributed by atoms with Crippen molar-refractivity contribution in [2.75, 3.05) is 0 Å². The van der Waals surface area contributed by atoms with Crippen LogP contribution < -0.4 is 5.11 Å².